The molecule has 2 nitrogen and oxygen atoms in total. The first kappa shape index (κ1) is 31.3. The molecular formula is C30H52Al2N2. The molecule has 0 unspecified atom stereocenters. The van der Waals surface area contributed by atoms with E-state index in [-0.39, 0.29) is 0 Å². The summed E-state index contributed by atoms with van der Waals surface area (Å²) in [5, 5.41) is 1.32. The van der Waals surface area contributed by atoms with Gasteiger partial charge in [-0.05, 0) is 38.6 Å². The van der Waals surface area contributed by atoms with E-state index in [2.05, 4.69) is 126 Å². The Kier molecular flexibility index (Phi) is 15.5. The van der Waals surface area contributed by atoms with Gasteiger partial charge >= 0.3 is 14.1 Å². The largest absolute Gasteiger partial charge is 0.373 e. The van der Waals surface area contributed by atoms with Crippen LogP contribution in [-0.4, -0.2) is 60.4 Å². The predicted molar refractivity (Wildman–Crippen MR) is 160 cm³/mol. The van der Waals surface area contributed by atoms with Gasteiger partial charge in [0.25, 0.3) is 14.1 Å². The van der Waals surface area contributed by atoms with Gasteiger partial charge in [0.15, 0.2) is 0 Å². The fraction of sp³-hybridized carbons (Fsp3) is 0.600. The van der Waals surface area contributed by atoms with Crippen molar-refractivity contribution in [3.8, 4) is 0 Å². The second-order valence-electron chi connectivity index (χ2n) is 11.2. The third-order valence-corrected chi connectivity index (χ3v) is 11.6. The van der Waals surface area contributed by atoms with Crippen LogP contribution in [0.25, 0.3) is 0 Å². The average Bonchev–Trinajstić information content (AvgIpc) is 2.75. The molecule has 0 heterocycles. The van der Waals surface area contributed by atoms with Crippen molar-refractivity contribution in [1.29, 1.82) is 0 Å². The molecule has 34 heavy (non-hydrogen) atoms. The van der Waals surface area contributed by atoms with Crippen molar-refractivity contribution in [2.24, 2.45) is 0 Å². The van der Waals surface area contributed by atoms with Gasteiger partial charge in [0, 0.05) is 25.3 Å². The van der Waals surface area contributed by atoms with Crippen LogP contribution in [0.5, 0.6) is 0 Å². The van der Waals surface area contributed by atoms with Crippen LogP contribution in [0.4, 0.5) is 5.69 Å². The minimum Gasteiger partial charge on any atom is -0.373 e. The molecular weight excluding hydrogens is 442 g/mol. The quantitative estimate of drug-likeness (QED) is 0.283. The first-order chi connectivity index (χ1) is 16.1. The summed E-state index contributed by atoms with van der Waals surface area (Å²) in [5.41, 5.74) is 4.58. The van der Waals surface area contributed by atoms with E-state index in [1.165, 1.54) is 42.5 Å². The molecule has 0 aliphatic heterocycles. The predicted octanol–water partition coefficient (Wildman–Crippen LogP) is 7.42. The Morgan fingerprint density at radius 1 is 0.735 bits per heavy atom. The Morgan fingerprint density at radius 3 is 1.71 bits per heavy atom. The molecule has 0 saturated carbocycles. The van der Waals surface area contributed by atoms with Crippen LogP contribution in [0.2, 0.25) is 21.1 Å². The SMILES string of the molecule is CCCN(CCC)c1cccc[c]1[Al]([CH](C)C)[CH](C)C.CN(C)Cc1ccccc1[CH2][Al]([CH3])[CH3]. The van der Waals surface area contributed by atoms with Gasteiger partial charge in [-0.1, -0.05) is 109 Å². The van der Waals surface area contributed by atoms with Crippen molar-refractivity contribution in [3.05, 3.63) is 59.7 Å². The molecule has 0 bridgehead atoms. The Balaban J connectivity index is 0.000000362. The number of benzene rings is 2. The third kappa shape index (κ3) is 10.9. The monoisotopic (exact) mass is 494 g/mol. The van der Waals surface area contributed by atoms with Gasteiger partial charge in [-0.2, -0.15) is 0 Å². The standard InChI is InChI=1S/C12H18N.C10H14N.2C3H7.2CH3.2Al/c1-3-10-13(11-4-2)12-8-6-5-7-9-12;1-9-6-4-5-7-10(9)8-11(2)3;2*1-3-2;;;;/h5-8H,3-4,10-11H2,1-2H3;4-7H,1,8H2,2-3H3;2*3H,1-2H3;2*1H3;;. The maximum absolute atomic E-state index is 2.61. The van der Waals surface area contributed by atoms with Crippen molar-refractivity contribution < 1.29 is 0 Å². The Hall–Kier alpha value is -0.735. The summed E-state index contributed by atoms with van der Waals surface area (Å²) in [6, 6.07) is 18.0. The molecule has 2 rings (SSSR count). The van der Waals surface area contributed by atoms with Crippen molar-refractivity contribution >= 4 is 38.4 Å². The van der Waals surface area contributed by atoms with Crippen molar-refractivity contribution in [2.45, 2.75) is 87.3 Å². The number of para-hydroxylation sites is 1. The lowest BCUT2D eigenvalue weighted by Gasteiger charge is -2.30. The molecule has 4 heteroatoms. The number of hydrogen-bond donors (Lipinski definition) is 0. The van der Waals surface area contributed by atoms with Gasteiger partial charge in [0.1, 0.15) is 0 Å². The molecule has 2 aromatic carbocycles. The summed E-state index contributed by atoms with van der Waals surface area (Å²) >= 11 is -1.41. The van der Waals surface area contributed by atoms with Crippen LogP contribution in [0.15, 0.2) is 48.5 Å². The zero-order chi connectivity index (χ0) is 25.7. The third-order valence-electron chi connectivity index (χ3n) is 6.29. The molecule has 0 radical (unpaired) electrons. The van der Waals surface area contributed by atoms with Crippen LogP contribution >= 0.6 is 0 Å². The van der Waals surface area contributed by atoms with Gasteiger partial charge in [-0.25, -0.2) is 0 Å². The fourth-order valence-electron chi connectivity index (χ4n) is 5.13. The molecule has 0 aliphatic carbocycles. The number of nitrogens with zero attached hydrogens (tertiary/aromatic N) is 2. The van der Waals surface area contributed by atoms with Crippen LogP contribution in [0, 0.1) is 0 Å². The van der Waals surface area contributed by atoms with E-state index in [1.54, 1.807) is 9.99 Å². The molecule has 0 aliphatic rings. The summed E-state index contributed by atoms with van der Waals surface area (Å²) in [6.07, 6.45) is 2.45. The fourth-order valence-corrected chi connectivity index (χ4v) is 10.3. The second kappa shape index (κ2) is 16.8. The summed E-state index contributed by atoms with van der Waals surface area (Å²) in [4.78, 5) is 4.85. The van der Waals surface area contributed by atoms with Gasteiger partial charge in [0.05, 0.1) is 0 Å². The van der Waals surface area contributed by atoms with E-state index < -0.39 is 28.3 Å². The molecule has 0 N–H and O–H groups in total. The molecule has 188 valence electrons. The molecule has 0 aromatic heterocycles. The van der Waals surface area contributed by atoms with E-state index in [9.17, 15) is 0 Å². The zero-order valence-electron chi connectivity index (χ0n) is 24.1. The first-order valence-corrected chi connectivity index (χ1v) is 18.7. The molecule has 0 saturated heterocycles. The lowest BCUT2D eigenvalue weighted by atomic mass is 10.1. The molecule has 0 spiro atoms. The average molecular weight is 495 g/mol. The Labute approximate surface area is 221 Å². The lowest BCUT2D eigenvalue weighted by Crippen LogP contribution is -2.41. The van der Waals surface area contributed by atoms with E-state index in [0.717, 1.165) is 16.1 Å². The van der Waals surface area contributed by atoms with Crippen molar-refractivity contribution in [1.82, 2.24) is 4.90 Å². The summed E-state index contributed by atoms with van der Waals surface area (Å²) in [6.45, 7) is 17.7. The van der Waals surface area contributed by atoms with Gasteiger partial charge in [-0.3, -0.25) is 0 Å². The van der Waals surface area contributed by atoms with Crippen LogP contribution in [-0.2, 0) is 11.8 Å². The maximum Gasteiger partial charge on any atom is 0.314 e. The van der Waals surface area contributed by atoms with Gasteiger partial charge < -0.3 is 9.80 Å². The van der Waals surface area contributed by atoms with Crippen LogP contribution < -0.4 is 9.33 Å². The highest BCUT2D eigenvalue weighted by molar-refractivity contribution is 6.77. The topological polar surface area (TPSA) is 6.48 Å². The summed E-state index contributed by atoms with van der Waals surface area (Å²) < 4.78 is 3.32. The first-order valence-electron chi connectivity index (χ1n) is 13.7. The normalized spacial score (nSPS) is 11.0. The van der Waals surface area contributed by atoms with Gasteiger partial charge in [0.2, 0.25) is 0 Å². The van der Waals surface area contributed by atoms with E-state index >= 15 is 0 Å². The molecule has 0 fully saturated rings. The van der Waals surface area contributed by atoms with Crippen molar-refractivity contribution in [3.63, 3.8) is 0 Å². The second-order valence-corrected chi connectivity index (χ2v) is 18.7. The lowest BCUT2D eigenvalue weighted by molar-refractivity contribution is 0.401. The molecule has 0 amide bonds. The van der Waals surface area contributed by atoms with E-state index in [1.807, 2.05) is 0 Å². The smallest absolute Gasteiger partial charge is 0.314 e. The molecule has 0 atom stereocenters. The van der Waals surface area contributed by atoms with E-state index in [0.29, 0.717) is 0 Å². The minimum atomic E-state index is -0.926. The van der Waals surface area contributed by atoms with Crippen LogP contribution in [0.1, 0.15) is 65.5 Å². The number of anilines is 1. The number of rotatable bonds is 12. The Bertz CT molecular complexity index is 759. The highest BCUT2D eigenvalue weighted by Gasteiger charge is 2.30. The summed E-state index contributed by atoms with van der Waals surface area (Å²) in [7, 11) is 4.26. The highest BCUT2D eigenvalue weighted by Crippen LogP contribution is 2.24. The summed E-state index contributed by atoms with van der Waals surface area (Å²) in [5.74, 6) is 4.82. The Morgan fingerprint density at radius 2 is 1.24 bits per heavy atom. The van der Waals surface area contributed by atoms with E-state index in [4.69, 9.17) is 0 Å². The molecule has 2 aromatic rings. The van der Waals surface area contributed by atoms with Crippen molar-refractivity contribution in [2.75, 3.05) is 32.1 Å². The van der Waals surface area contributed by atoms with Crippen LogP contribution in [0.3, 0.4) is 0 Å². The highest BCUT2D eigenvalue weighted by atomic mass is 27.2. The van der Waals surface area contributed by atoms with Gasteiger partial charge in [-0.15, -0.1) is 11.6 Å². The maximum atomic E-state index is 2.61. The minimum absolute atomic E-state index is 0.489. The number of hydrogen-bond acceptors (Lipinski definition) is 2. The zero-order valence-corrected chi connectivity index (χ0v) is 26.4.